The number of allylic oxidation sites excluding steroid dienone is 1. The molecule has 0 aromatic rings. The van der Waals surface area contributed by atoms with E-state index in [0.29, 0.717) is 19.4 Å². The molecular weight excluding hydrogens is 437 g/mol. The maximum atomic E-state index is 12.4. The molecule has 0 unspecified atom stereocenters. The molecule has 0 aromatic carbocycles. The molecule has 1 aliphatic heterocycles. The van der Waals surface area contributed by atoms with Crippen molar-refractivity contribution in [3.8, 4) is 0 Å². The highest BCUT2D eigenvalue weighted by atomic mass is 32.2. The summed E-state index contributed by atoms with van der Waals surface area (Å²) in [5, 5.41) is 0.137. The van der Waals surface area contributed by atoms with Gasteiger partial charge in [-0.3, -0.25) is 0 Å². The van der Waals surface area contributed by atoms with Crippen LogP contribution in [0, 0.1) is 5.92 Å². The summed E-state index contributed by atoms with van der Waals surface area (Å²) in [7, 11) is -7.49. The lowest BCUT2D eigenvalue weighted by Crippen LogP contribution is -2.41. The molecule has 1 aliphatic rings. The highest BCUT2D eigenvalue weighted by molar-refractivity contribution is 7.87. The van der Waals surface area contributed by atoms with Crippen LogP contribution in [0.25, 0.3) is 0 Å². The zero-order chi connectivity index (χ0) is 23.4. The van der Waals surface area contributed by atoms with Gasteiger partial charge in [-0.25, -0.2) is 0 Å². The molecule has 30 heavy (non-hydrogen) atoms. The minimum absolute atomic E-state index is 0.00195. The molecule has 176 valence electrons. The fourth-order valence-corrected chi connectivity index (χ4v) is 4.38. The van der Waals surface area contributed by atoms with Crippen LogP contribution in [0.4, 0.5) is 13.2 Å². The van der Waals surface area contributed by atoms with Gasteiger partial charge in [0.05, 0.1) is 12.2 Å². The van der Waals surface area contributed by atoms with Crippen LogP contribution in [0.3, 0.4) is 0 Å². The quantitative estimate of drug-likeness (QED) is 0.130. The number of rotatable bonds is 10. The summed E-state index contributed by atoms with van der Waals surface area (Å²) >= 11 is 0. The first-order chi connectivity index (χ1) is 13.4. The van der Waals surface area contributed by atoms with E-state index in [1.807, 2.05) is 12.2 Å². The van der Waals surface area contributed by atoms with E-state index >= 15 is 0 Å². The molecule has 3 atom stereocenters. The van der Waals surface area contributed by atoms with Crippen LogP contribution in [0.15, 0.2) is 24.5 Å². The smallest absolute Gasteiger partial charge is 0.417 e. The SMILES string of the molecule is C=C(C[C@H](C)C[C@@H]1CC=C[C@@H](CCO[Si](C)(C)C(C)(C)C)O1)OS(=O)(=O)C(F)(F)F. The summed E-state index contributed by atoms with van der Waals surface area (Å²) in [6.45, 7) is 16.7. The van der Waals surface area contributed by atoms with Crippen LogP contribution >= 0.6 is 0 Å². The maximum absolute atomic E-state index is 12.4. The van der Waals surface area contributed by atoms with Crippen LogP contribution in [0.5, 0.6) is 0 Å². The molecule has 10 heteroatoms. The molecular formula is C20H35F3O5SSi. The topological polar surface area (TPSA) is 61.8 Å². The van der Waals surface area contributed by atoms with E-state index in [1.54, 1.807) is 6.92 Å². The van der Waals surface area contributed by atoms with Crippen molar-refractivity contribution >= 4 is 18.4 Å². The Labute approximate surface area is 179 Å². The summed E-state index contributed by atoms with van der Waals surface area (Å²) < 4.78 is 75.7. The van der Waals surface area contributed by atoms with E-state index < -0.39 is 29.7 Å². The predicted octanol–water partition coefficient (Wildman–Crippen LogP) is 5.91. The third-order valence-electron chi connectivity index (χ3n) is 5.54. The minimum atomic E-state index is -5.67. The number of hydrogen-bond donors (Lipinski definition) is 0. The lowest BCUT2D eigenvalue weighted by Gasteiger charge is -2.36. The van der Waals surface area contributed by atoms with Crippen LogP contribution in [-0.4, -0.2) is 41.1 Å². The highest BCUT2D eigenvalue weighted by Crippen LogP contribution is 2.37. The Kier molecular flexibility index (Phi) is 9.23. The van der Waals surface area contributed by atoms with Crippen molar-refractivity contribution in [1.82, 2.24) is 0 Å². The monoisotopic (exact) mass is 472 g/mol. The van der Waals surface area contributed by atoms with Gasteiger partial charge in [0.2, 0.25) is 0 Å². The number of hydrogen-bond acceptors (Lipinski definition) is 5. The predicted molar refractivity (Wildman–Crippen MR) is 114 cm³/mol. The van der Waals surface area contributed by atoms with E-state index in [2.05, 4.69) is 44.6 Å². The average molecular weight is 473 g/mol. The van der Waals surface area contributed by atoms with E-state index in [1.165, 1.54) is 0 Å². The number of alkyl halides is 3. The molecule has 0 radical (unpaired) electrons. The van der Waals surface area contributed by atoms with Crippen molar-refractivity contribution in [3.63, 3.8) is 0 Å². The molecule has 0 N–H and O–H groups in total. The Balaban J connectivity index is 2.47. The molecule has 0 aromatic heterocycles. The molecule has 5 nitrogen and oxygen atoms in total. The standard InChI is InChI=1S/C20H35F3O5SSi/c1-15(13-16(2)28-29(24,25)20(21,22)23)14-18-10-8-9-17(27-18)11-12-26-30(6,7)19(3,4)5/h8-9,15,17-18H,2,10-14H2,1,3-7H3/t15-,17-,18-/m0/s1. The van der Waals surface area contributed by atoms with Crippen molar-refractivity contribution in [2.45, 2.75) is 89.2 Å². The van der Waals surface area contributed by atoms with Gasteiger partial charge in [0.1, 0.15) is 5.76 Å². The zero-order valence-corrected chi connectivity index (χ0v) is 20.5. The molecule has 1 heterocycles. The van der Waals surface area contributed by atoms with Gasteiger partial charge in [-0.2, -0.15) is 21.6 Å². The third-order valence-corrected chi connectivity index (χ3v) is 11.1. The summed E-state index contributed by atoms with van der Waals surface area (Å²) in [5.74, 6) is -0.577. The van der Waals surface area contributed by atoms with Crippen molar-refractivity contribution in [2.24, 2.45) is 5.92 Å². The Hall–Kier alpha value is -0.843. The van der Waals surface area contributed by atoms with Crippen molar-refractivity contribution in [3.05, 3.63) is 24.5 Å². The van der Waals surface area contributed by atoms with E-state index in [-0.39, 0.29) is 29.6 Å². The summed E-state index contributed by atoms with van der Waals surface area (Å²) in [6, 6.07) is 0. The van der Waals surface area contributed by atoms with Gasteiger partial charge in [0.25, 0.3) is 0 Å². The largest absolute Gasteiger partial charge is 0.534 e. The van der Waals surface area contributed by atoms with E-state index in [0.717, 1.165) is 6.42 Å². The fraction of sp³-hybridized carbons (Fsp3) is 0.800. The average Bonchev–Trinajstić information content (AvgIpc) is 2.51. The van der Waals surface area contributed by atoms with Crippen LogP contribution in [-0.2, 0) is 23.5 Å². The Bertz CT molecular complexity index is 711. The van der Waals surface area contributed by atoms with Crippen LogP contribution < -0.4 is 0 Å². The molecule has 0 fully saturated rings. The highest BCUT2D eigenvalue weighted by Gasteiger charge is 2.48. The van der Waals surface area contributed by atoms with Gasteiger partial charge >= 0.3 is 15.6 Å². The van der Waals surface area contributed by atoms with Crippen LogP contribution in [0.1, 0.15) is 53.4 Å². The molecule has 0 spiro atoms. The molecule has 0 saturated carbocycles. The Morgan fingerprint density at radius 1 is 1.30 bits per heavy atom. The van der Waals surface area contributed by atoms with Gasteiger partial charge in [-0.15, -0.1) is 0 Å². The maximum Gasteiger partial charge on any atom is 0.534 e. The van der Waals surface area contributed by atoms with E-state index in [4.69, 9.17) is 9.16 Å². The van der Waals surface area contributed by atoms with Crippen molar-refractivity contribution in [2.75, 3.05) is 6.61 Å². The lowest BCUT2D eigenvalue weighted by molar-refractivity contribution is -0.0525. The fourth-order valence-electron chi connectivity index (χ4n) is 2.85. The van der Waals surface area contributed by atoms with Crippen LogP contribution in [0.2, 0.25) is 18.1 Å². The second kappa shape index (κ2) is 10.2. The molecule has 1 rings (SSSR count). The second-order valence-electron chi connectivity index (χ2n) is 9.42. The van der Waals surface area contributed by atoms with Gasteiger partial charge in [-0.05, 0) is 43.3 Å². The summed E-state index contributed by atoms with van der Waals surface area (Å²) in [5.41, 5.74) is -5.46. The summed E-state index contributed by atoms with van der Waals surface area (Å²) in [6.07, 6.45) is 5.84. The molecule has 0 amide bonds. The van der Waals surface area contributed by atoms with Gasteiger partial charge in [0, 0.05) is 13.0 Å². The Morgan fingerprint density at radius 3 is 2.43 bits per heavy atom. The van der Waals surface area contributed by atoms with Gasteiger partial charge in [-0.1, -0.05) is 46.4 Å². The first-order valence-electron chi connectivity index (χ1n) is 10.1. The second-order valence-corrected chi connectivity index (χ2v) is 15.8. The summed E-state index contributed by atoms with van der Waals surface area (Å²) in [4.78, 5) is 0. The van der Waals surface area contributed by atoms with Crippen molar-refractivity contribution in [1.29, 1.82) is 0 Å². The third kappa shape index (κ3) is 8.36. The van der Waals surface area contributed by atoms with Crippen molar-refractivity contribution < 1.29 is 34.9 Å². The molecule has 0 bridgehead atoms. The first kappa shape index (κ1) is 27.2. The molecule has 0 aliphatic carbocycles. The number of halogens is 3. The van der Waals surface area contributed by atoms with E-state index in [9.17, 15) is 21.6 Å². The number of ether oxygens (including phenoxy) is 1. The lowest BCUT2D eigenvalue weighted by atomic mass is 9.96. The van der Waals surface area contributed by atoms with Gasteiger partial charge in [0.15, 0.2) is 8.32 Å². The zero-order valence-electron chi connectivity index (χ0n) is 18.7. The first-order valence-corrected chi connectivity index (χ1v) is 14.4. The Morgan fingerprint density at radius 2 is 1.90 bits per heavy atom. The molecule has 0 saturated heterocycles. The minimum Gasteiger partial charge on any atom is -0.417 e. The van der Waals surface area contributed by atoms with Gasteiger partial charge < -0.3 is 13.3 Å². The normalized spacial score (nSPS) is 22.0.